The van der Waals surface area contributed by atoms with Gasteiger partial charge in [-0.1, -0.05) is 15.9 Å². The van der Waals surface area contributed by atoms with Crippen LogP contribution in [-0.2, 0) is 6.42 Å². The molecule has 0 saturated carbocycles. The van der Waals surface area contributed by atoms with Gasteiger partial charge in [0.25, 0.3) is 0 Å². The van der Waals surface area contributed by atoms with E-state index in [4.69, 9.17) is 0 Å². The van der Waals surface area contributed by atoms with Crippen molar-refractivity contribution in [2.24, 2.45) is 0 Å². The Kier molecular flexibility index (Phi) is 4.12. The molecule has 88 valence electrons. The van der Waals surface area contributed by atoms with Crippen molar-refractivity contribution < 1.29 is 9.18 Å². The van der Waals surface area contributed by atoms with Crippen molar-refractivity contribution in [1.29, 1.82) is 0 Å². The molecule has 5 heteroatoms. The van der Waals surface area contributed by atoms with Gasteiger partial charge in [-0.3, -0.25) is 4.79 Å². The van der Waals surface area contributed by atoms with E-state index in [1.165, 1.54) is 23.5 Å². The number of thiophene rings is 1. The van der Waals surface area contributed by atoms with Gasteiger partial charge in [0.2, 0.25) is 0 Å². The van der Waals surface area contributed by atoms with Gasteiger partial charge in [0, 0.05) is 25.6 Å². The third kappa shape index (κ3) is 3.24. The maximum absolute atomic E-state index is 13.5. The molecular formula is C12H7Br2FOS. The predicted molar refractivity (Wildman–Crippen MR) is 74.2 cm³/mol. The molecule has 0 atom stereocenters. The minimum absolute atomic E-state index is 0.129. The zero-order valence-electron chi connectivity index (χ0n) is 8.54. The summed E-state index contributed by atoms with van der Waals surface area (Å²) in [4.78, 5) is 12.8. The molecule has 0 radical (unpaired) electrons. The first-order valence-electron chi connectivity index (χ1n) is 4.77. The summed E-state index contributed by atoms with van der Waals surface area (Å²) in [6.07, 6.45) is 0.226. The van der Waals surface area contributed by atoms with Gasteiger partial charge in [0.1, 0.15) is 5.82 Å². The molecule has 2 rings (SSSR count). The Labute approximate surface area is 119 Å². The molecule has 1 aromatic carbocycles. The van der Waals surface area contributed by atoms with Crippen molar-refractivity contribution >= 4 is 49.0 Å². The lowest BCUT2D eigenvalue weighted by Gasteiger charge is -2.02. The molecule has 0 N–H and O–H groups in total. The van der Waals surface area contributed by atoms with Crippen molar-refractivity contribution in [2.75, 3.05) is 0 Å². The quantitative estimate of drug-likeness (QED) is 0.699. The van der Waals surface area contributed by atoms with E-state index in [2.05, 4.69) is 31.9 Å². The molecule has 0 fully saturated rings. The highest BCUT2D eigenvalue weighted by molar-refractivity contribution is 9.10. The summed E-state index contributed by atoms with van der Waals surface area (Å²) in [5.74, 6) is -0.688. The van der Waals surface area contributed by atoms with E-state index in [0.717, 1.165) is 9.35 Å². The number of hydrogen-bond acceptors (Lipinski definition) is 2. The summed E-state index contributed by atoms with van der Waals surface area (Å²) >= 11 is 8.03. The molecule has 2 aromatic rings. The van der Waals surface area contributed by atoms with Gasteiger partial charge in [-0.15, -0.1) is 11.3 Å². The van der Waals surface area contributed by atoms with Crippen molar-refractivity contribution in [3.05, 3.63) is 54.8 Å². The van der Waals surface area contributed by atoms with Crippen LogP contribution in [0.3, 0.4) is 0 Å². The highest BCUT2D eigenvalue weighted by Gasteiger charge is 2.13. The first-order valence-corrected chi connectivity index (χ1v) is 7.24. The van der Waals surface area contributed by atoms with Gasteiger partial charge in [-0.05, 0) is 40.2 Å². The number of ketones is 1. The molecule has 0 aliphatic heterocycles. The lowest BCUT2D eigenvalue weighted by Crippen LogP contribution is -2.05. The van der Waals surface area contributed by atoms with Crippen molar-refractivity contribution in [3.8, 4) is 0 Å². The van der Waals surface area contributed by atoms with E-state index in [9.17, 15) is 9.18 Å². The van der Waals surface area contributed by atoms with Crippen molar-refractivity contribution in [1.82, 2.24) is 0 Å². The van der Waals surface area contributed by atoms with Crippen LogP contribution < -0.4 is 0 Å². The largest absolute Gasteiger partial charge is 0.294 e. The van der Waals surface area contributed by atoms with Crippen LogP contribution in [0.4, 0.5) is 4.39 Å². The van der Waals surface area contributed by atoms with Crippen LogP contribution in [0.25, 0.3) is 0 Å². The molecular weight excluding hydrogens is 371 g/mol. The van der Waals surface area contributed by atoms with Crippen LogP contribution in [0.15, 0.2) is 38.6 Å². The molecule has 0 spiro atoms. The minimum atomic E-state index is -0.478. The molecule has 1 heterocycles. The van der Waals surface area contributed by atoms with Crippen molar-refractivity contribution in [2.45, 2.75) is 6.42 Å². The monoisotopic (exact) mass is 376 g/mol. The molecule has 0 amide bonds. The Bertz CT molecular complexity index is 565. The molecule has 1 nitrogen and oxygen atoms in total. The van der Waals surface area contributed by atoms with E-state index in [0.29, 0.717) is 4.47 Å². The normalized spacial score (nSPS) is 10.5. The number of Topliss-reactive ketones (excluding diaryl/α,β-unsaturated/α-hetero) is 1. The molecule has 0 aliphatic rings. The maximum Gasteiger partial charge on any atom is 0.171 e. The van der Waals surface area contributed by atoms with Gasteiger partial charge in [0.05, 0.1) is 5.56 Å². The summed E-state index contributed by atoms with van der Waals surface area (Å²) in [5.41, 5.74) is 0.129. The molecule has 0 aliphatic carbocycles. The fourth-order valence-electron chi connectivity index (χ4n) is 1.41. The number of benzene rings is 1. The van der Waals surface area contributed by atoms with Crippen LogP contribution in [0.1, 0.15) is 15.2 Å². The van der Waals surface area contributed by atoms with Crippen LogP contribution in [0.2, 0.25) is 0 Å². The first kappa shape index (κ1) is 12.9. The van der Waals surface area contributed by atoms with Crippen molar-refractivity contribution in [3.63, 3.8) is 0 Å². The van der Waals surface area contributed by atoms with Gasteiger partial charge < -0.3 is 0 Å². The van der Waals surface area contributed by atoms with Gasteiger partial charge >= 0.3 is 0 Å². The first-order chi connectivity index (χ1) is 8.06. The Morgan fingerprint density at radius 2 is 2.00 bits per heavy atom. The minimum Gasteiger partial charge on any atom is -0.294 e. The standard InChI is InChI=1S/C12H7Br2FOS/c13-7-1-2-11(15)10(4-7)12(16)5-9-3-8(14)6-17-9/h1-4,6H,5H2. The van der Waals surface area contributed by atoms with Crippen LogP contribution >= 0.6 is 43.2 Å². The fraction of sp³-hybridized carbons (Fsp3) is 0.0833. The van der Waals surface area contributed by atoms with Gasteiger partial charge in [-0.2, -0.15) is 0 Å². The summed E-state index contributed by atoms with van der Waals surface area (Å²) in [7, 11) is 0. The average molecular weight is 378 g/mol. The third-order valence-corrected chi connectivity index (χ3v) is 4.38. The molecule has 0 saturated heterocycles. The summed E-state index contributed by atoms with van der Waals surface area (Å²) < 4.78 is 15.1. The highest BCUT2D eigenvalue weighted by atomic mass is 79.9. The second-order valence-corrected chi connectivity index (χ2v) is 6.28. The third-order valence-electron chi connectivity index (χ3n) is 2.19. The maximum atomic E-state index is 13.5. The second kappa shape index (κ2) is 5.42. The van der Waals surface area contributed by atoms with E-state index >= 15 is 0 Å². The average Bonchev–Trinajstić information content (AvgIpc) is 2.67. The molecule has 1 aromatic heterocycles. The van der Waals surface area contributed by atoms with Crippen LogP contribution in [0, 0.1) is 5.82 Å². The van der Waals surface area contributed by atoms with E-state index in [1.807, 2.05) is 11.4 Å². The van der Waals surface area contributed by atoms with E-state index < -0.39 is 5.82 Å². The number of carbonyl (C=O) groups excluding carboxylic acids is 1. The Morgan fingerprint density at radius 3 is 2.65 bits per heavy atom. The topological polar surface area (TPSA) is 17.1 Å². The Hall–Kier alpha value is -0.520. The zero-order valence-corrected chi connectivity index (χ0v) is 12.5. The number of carbonyl (C=O) groups is 1. The number of hydrogen-bond donors (Lipinski definition) is 0. The number of halogens is 3. The van der Waals surface area contributed by atoms with Gasteiger partial charge in [-0.25, -0.2) is 4.39 Å². The summed E-state index contributed by atoms with van der Waals surface area (Å²) in [6.45, 7) is 0. The summed E-state index contributed by atoms with van der Waals surface area (Å²) in [5, 5.41) is 1.90. The highest BCUT2D eigenvalue weighted by Crippen LogP contribution is 2.23. The second-order valence-electron chi connectivity index (χ2n) is 3.46. The lowest BCUT2D eigenvalue weighted by atomic mass is 10.1. The Morgan fingerprint density at radius 1 is 1.24 bits per heavy atom. The van der Waals surface area contributed by atoms with Crippen LogP contribution in [0.5, 0.6) is 0 Å². The Balaban J connectivity index is 2.22. The lowest BCUT2D eigenvalue weighted by molar-refractivity contribution is 0.0990. The smallest absolute Gasteiger partial charge is 0.171 e. The zero-order chi connectivity index (χ0) is 12.4. The van der Waals surface area contributed by atoms with Crippen LogP contribution in [-0.4, -0.2) is 5.78 Å². The van der Waals surface area contributed by atoms with E-state index in [-0.39, 0.29) is 17.8 Å². The summed E-state index contributed by atoms with van der Waals surface area (Å²) in [6, 6.07) is 6.26. The molecule has 0 unspecified atom stereocenters. The van der Waals surface area contributed by atoms with E-state index in [1.54, 1.807) is 6.07 Å². The SMILES string of the molecule is O=C(Cc1cc(Br)cs1)c1cc(Br)ccc1F. The molecule has 0 bridgehead atoms. The predicted octanol–water partition coefficient (Wildman–Crippen LogP) is 4.84. The fourth-order valence-corrected chi connectivity index (χ4v) is 3.22. The number of rotatable bonds is 3. The van der Waals surface area contributed by atoms with Gasteiger partial charge in [0.15, 0.2) is 5.78 Å². The molecule has 17 heavy (non-hydrogen) atoms.